The Labute approximate surface area is 140 Å². The molecule has 0 radical (unpaired) electrons. The lowest BCUT2D eigenvalue weighted by molar-refractivity contribution is -0.138. The first-order valence-electron chi connectivity index (χ1n) is 7.87. The minimum absolute atomic E-state index is 0.0533. The van der Waals surface area contributed by atoms with Crippen LogP contribution < -0.4 is 5.32 Å². The predicted octanol–water partition coefficient (Wildman–Crippen LogP) is 2.46. The van der Waals surface area contributed by atoms with Crippen molar-refractivity contribution in [3.8, 4) is 0 Å². The lowest BCUT2D eigenvalue weighted by atomic mass is 10.1. The highest BCUT2D eigenvalue weighted by Gasteiger charge is 2.36. The highest BCUT2D eigenvalue weighted by atomic mass is 32.1. The van der Waals surface area contributed by atoms with Crippen molar-refractivity contribution in [2.45, 2.75) is 19.4 Å². The zero-order valence-electron chi connectivity index (χ0n) is 12.9. The smallest absolute Gasteiger partial charge is 0.235 e. The second-order valence-corrected chi connectivity index (χ2v) is 6.74. The number of carbonyl (C=O) groups excluding carboxylic acids is 2. The van der Waals surface area contributed by atoms with Crippen molar-refractivity contribution in [2.75, 3.05) is 13.1 Å². The SMILES string of the molecule is O=C(NCCc1cccs1)C1CCN(Cc2ccccc2)C1=O. The highest BCUT2D eigenvalue weighted by molar-refractivity contribution is 7.09. The molecule has 120 valence electrons. The molecule has 1 unspecified atom stereocenters. The maximum absolute atomic E-state index is 12.4. The molecule has 1 saturated heterocycles. The molecule has 0 spiro atoms. The summed E-state index contributed by atoms with van der Waals surface area (Å²) in [6.07, 6.45) is 1.43. The van der Waals surface area contributed by atoms with E-state index in [0.29, 0.717) is 26.1 Å². The fraction of sp³-hybridized carbons (Fsp3) is 0.333. The van der Waals surface area contributed by atoms with E-state index in [4.69, 9.17) is 0 Å². The molecule has 2 heterocycles. The third kappa shape index (κ3) is 3.99. The number of benzene rings is 1. The van der Waals surface area contributed by atoms with Gasteiger partial charge in [0.1, 0.15) is 5.92 Å². The molecule has 4 nitrogen and oxygen atoms in total. The van der Waals surface area contributed by atoms with Gasteiger partial charge in [-0.15, -0.1) is 11.3 Å². The summed E-state index contributed by atoms with van der Waals surface area (Å²) in [5.74, 6) is -0.716. The maximum Gasteiger partial charge on any atom is 0.235 e. The van der Waals surface area contributed by atoms with Crippen LogP contribution in [0.25, 0.3) is 0 Å². The van der Waals surface area contributed by atoms with Gasteiger partial charge in [-0.25, -0.2) is 0 Å². The van der Waals surface area contributed by atoms with Crippen LogP contribution in [-0.4, -0.2) is 29.8 Å². The standard InChI is InChI=1S/C18H20N2O2S/c21-17(19-10-8-15-7-4-12-23-15)16-9-11-20(18(16)22)13-14-5-2-1-3-6-14/h1-7,12,16H,8-11,13H2,(H,19,21). The van der Waals surface area contributed by atoms with Gasteiger partial charge in [0.2, 0.25) is 11.8 Å². The Morgan fingerprint density at radius 3 is 2.78 bits per heavy atom. The van der Waals surface area contributed by atoms with Crippen LogP contribution in [0, 0.1) is 5.92 Å². The molecule has 5 heteroatoms. The molecule has 0 saturated carbocycles. The molecule has 3 rings (SSSR count). The summed E-state index contributed by atoms with van der Waals surface area (Å²) in [5.41, 5.74) is 1.10. The molecule has 1 atom stereocenters. The number of amides is 2. The first-order valence-corrected chi connectivity index (χ1v) is 8.75. The summed E-state index contributed by atoms with van der Waals surface area (Å²) in [4.78, 5) is 27.7. The Morgan fingerprint density at radius 2 is 2.04 bits per heavy atom. The van der Waals surface area contributed by atoms with Gasteiger partial charge in [-0.05, 0) is 29.9 Å². The van der Waals surface area contributed by atoms with Crippen LogP contribution in [0.5, 0.6) is 0 Å². The Bertz CT molecular complexity index is 655. The number of rotatable bonds is 6. The number of hydrogen-bond donors (Lipinski definition) is 1. The van der Waals surface area contributed by atoms with E-state index in [1.807, 2.05) is 41.8 Å². The molecule has 23 heavy (non-hydrogen) atoms. The lowest BCUT2D eigenvalue weighted by Gasteiger charge is -2.16. The molecule has 1 aliphatic rings. The van der Waals surface area contributed by atoms with Crippen molar-refractivity contribution < 1.29 is 9.59 Å². The van der Waals surface area contributed by atoms with Crippen LogP contribution in [0.15, 0.2) is 47.8 Å². The molecule has 2 amide bonds. The molecule has 2 aromatic rings. The van der Waals surface area contributed by atoms with E-state index >= 15 is 0 Å². The summed E-state index contributed by atoms with van der Waals surface area (Å²) in [5, 5.41) is 4.92. The third-order valence-corrected chi connectivity index (χ3v) is 5.02. The van der Waals surface area contributed by atoms with Crippen LogP contribution >= 0.6 is 11.3 Å². The zero-order chi connectivity index (χ0) is 16.1. The molecule has 1 N–H and O–H groups in total. The number of hydrogen-bond acceptors (Lipinski definition) is 3. The van der Waals surface area contributed by atoms with Crippen LogP contribution in [0.1, 0.15) is 16.9 Å². The second kappa shape index (κ2) is 7.42. The number of thiophene rings is 1. The van der Waals surface area contributed by atoms with Crippen LogP contribution in [0.4, 0.5) is 0 Å². The average Bonchev–Trinajstić information content (AvgIpc) is 3.19. The van der Waals surface area contributed by atoms with Gasteiger partial charge < -0.3 is 10.2 Å². The molecule has 1 aromatic carbocycles. The molecule has 1 aromatic heterocycles. The number of nitrogens with zero attached hydrogens (tertiary/aromatic N) is 1. The van der Waals surface area contributed by atoms with E-state index in [0.717, 1.165) is 12.0 Å². The Kier molecular flexibility index (Phi) is 5.08. The van der Waals surface area contributed by atoms with Gasteiger partial charge in [0.15, 0.2) is 0 Å². The van der Waals surface area contributed by atoms with E-state index < -0.39 is 5.92 Å². The number of nitrogens with one attached hydrogen (secondary N) is 1. The van der Waals surface area contributed by atoms with Gasteiger partial charge in [0, 0.05) is 24.5 Å². The molecule has 1 aliphatic heterocycles. The lowest BCUT2D eigenvalue weighted by Crippen LogP contribution is -2.37. The summed E-state index contributed by atoms with van der Waals surface area (Å²) in [6.45, 7) is 1.82. The van der Waals surface area contributed by atoms with E-state index in [1.54, 1.807) is 16.2 Å². The number of carbonyl (C=O) groups is 2. The van der Waals surface area contributed by atoms with Crippen molar-refractivity contribution in [3.05, 3.63) is 58.3 Å². The fourth-order valence-corrected chi connectivity index (χ4v) is 3.54. The van der Waals surface area contributed by atoms with E-state index in [1.165, 1.54) is 4.88 Å². The Balaban J connectivity index is 1.49. The van der Waals surface area contributed by atoms with E-state index in [-0.39, 0.29) is 11.8 Å². The summed E-state index contributed by atoms with van der Waals surface area (Å²) in [7, 11) is 0. The van der Waals surface area contributed by atoms with Crippen LogP contribution in [-0.2, 0) is 22.6 Å². The monoisotopic (exact) mass is 328 g/mol. The van der Waals surface area contributed by atoms with Gasteiger partial charge in [-0.1, -0.05) is 36.4 Å². The third-order valence-electron chi connectivity index (χ3n) is 4.08. The zero-order valence-corrected chi connectivity index (χ0v) is 13.7. The van der Waals surface area contributed by atoms with Gasteiger partial charge in [0.25, 0.3) is 0 Å². The average molecular weight is 328 g/mol. The molecule has 0 bridgehead atoms. The van der Waals surface area contributed by atoms with Gasteiger partial charge >= 0.3 is 0 Å². The molecule has 0 aliphatic carbocycles. The minimum Gasteiger partial charge on any atom is -0.355 e. The Hall–Kier alpha value is -2.14. The van der Waals surface area contributed by atoms with E-state index in [2.05, 4.69) is 11.4 Å². The topological polar surface area (TPSA) is 49.4 Å². The molecule has 1 fully saturated rings. The van der Waals surface area contributed by atoms with E-state index in [9.17, 15) is 9.59 Å². The molecular weight excluding hydrogens is 308 g/mol. The van der Waals surface area contributed by atoms with Gasteiger partial charge in [-0.3, -0.25) is 9.59 Å². The summed E-state index contributed by atoms with van der Waals surface area (Å²) < 4.78 is 0. The van der Waals surface area contributed by atoms with Gasteiger partial charge in [0.05, 0.1) is 0 Å². The summed E-state index contributed by atoms with van der Waals surface area (Å²) >= 11 is 1.68. The fourth-order valence-electron chi connectivity index (χ4n) is 2.83. The van der Waals surface area contributed by atoms with Crippen molar-refractivity contribution >= 4 is 23.2 Å². The van der Waals surface area contributed by atoms with Gasteiger partial charge in [-0.2, -0.15) is 0 Å². The van der Waals surface area contributed by atoms with Crippen molar-refractivity contribution in [2.24, 2.45) is 5.92 Å². The van der Waals surface area contributed by atoms with Crippen molar-refractivity contribution in [1.29, 1.82) is 0 Å². The second-order valence-electron chi connectivity index (χ2n) is 5.71. The minimum atomic E-state index is -0.526. The maximum atomic E-state index is 12.4. The first-order chi connectivity index (χ1) is 11.2. The highest BCUT2D eigenvalue weighted by Crippen LogP contribution is 2.20. The largest absolute Gasteiger partial charge is 0.355 e. The molecular formula is C18H20N2O2S. The van der Waals surface area contributed by atoms with Crippen molar-refractivity contribution in [1.82, 2.24) is 10.2 Å². The normalized spacial score (nSPS) is 17.5. The number of likely N-dealkylation sites (tertiary alicyclic amines) is 1. The summed E-state index contributed by atoms with van der Waals surface area (Å²) in [6, 6.07) is 13.9. The quantitative estimate of drug-likeness (QED) is 0.828. The van der Waals surface area contributed by atoms with Crippen molar-refractivity contribution in [3.63, 3.8) is 0 Å². The van der Waals surface area contributed by atoms with Crippen LogP contribution in [0.2, 0.25) is 0 Å². The first kappa shape index (κ1) is 15.7. The predicted molar refractivity (Wildman–Crippen MR) is 91.0 cm³/mol. The Morgan fingerprint density at radius 1 is 1.22 bits per heavy atom. The van der Waals surface area contributed by atoms with Crippen LogP contribution in [0.3, 0.4) is 0 Å².